The lowest BCUT2D eigenvalue weighted by molar-refractivity contribution is 0.126. The molecule has 2 aromatic rings. The summed E-state index contributed by atoms with van der Waals surface area (Å²) < 4.78 is 14.2. The van der Waals surface area contributed by atoms with Gasteiger partial charge in [0.25, 0.3) is 0 Å². The van der Waals surface area contributed by atoms with Crippen LogP contribution in [0, 0.1) is 17.7 Å². The van der Waals surface area contributed by atoms with Gasteiger partial charge in [0.05, 0.1) is 6.10 Å². The van der Waals surface area contributed by atoms with Gasteiger partial charge in [-0.1, -0.05) is 30.0 Å². The predicted octanol–water partition coefficient (Wildman–Crippen LogP) is 3.34. The summed E-state index contributed by atoms with van der Waals surface area (Å²) in [6.45, 7) is 0. The molecule has 0 bridgehead atoms. The number of aliphatic hydroxyl groups excluding tert-OH is 1. The van der Waals surface area contributed by atoms with Crippen molar-refractivity contribution in [3.63, 3.8) is 0 Å². The Morgan fingerprint density at radius 3 is 2.43 bits per heavy atom. The maximum Gasteiger partial charge on any atom is 0.166 e. The van der Waals surface area contributed by atoms with Crippen molar-refractivity contribution in [2.24, 2.45) is 0 Å². The minimum Gasteiger partial charge on any atom is -0.393 e. The monoisotopic (exact) mass is 310 g/mol. The van der Waals surface area contributed by atoms with Crippen LogP contribution in [0.15, 0.2) is 42.6 Å². The first-order chi connectivity index (χ1) is 11.2. The van der Waals surface area contributed by atoms with E-state index in [1.165, 1.54) is 6.07 Å². The standard InChI is InChI=1S/C19H19FN2O/c20-18-12-15(7-6-14-4-2-1-3-5-14)13-21-19(18)22-16-8-10-17(23)11-9-16/h1-5,12-13,16-17,23H,8-11H2,(H,21,22). The molecule has 0 spiro atoms. The van der Waals surface area contributed by atoms with Crippen molar-refractivity contribution in [2.75, 3.05) is 5.32 Å². The lowest BCUT2D eigenvalue weighted by Gasteiger charge is -2.26. The van der Waals surface area contributed by atoms with E-state index in [9.17, 15) is 9.50 Å². The smallest absolute Gasteiger partial charge is 0.166 e. The molecule has 0 saturated heterocycles. The van der Waals surface area contributed by atoms with Gasteiger partial charge in [-0.05, 0) is 43.9 Å². The molecule has 2 N–H and O–H groups in total. The molecule has 118 valence electrons. The zero-order valence-corrected chi connectivity index (χ0v) is 12.8. The zero-order valence-electron chi connectivity index (χ0n) is 12.8. The topological polar surface area (TPSA) is 45.1 Å². The second-order valence-electron chi connectivity index (χ2n) is 5.82. The molecule has 1 saturated carbocycles. The lowest BCUT2D eigenvalue weighted by atomic mass is 9.93. The van der Waals surface area contributed by atoms with E-state index in [0.29, 0.717) is 5.56 Å². The molecule has 0 atom stereocenters. The summed E-state index contributed by atoms with van der Waals surface area (Å²) >= 11 is 0. The van der Waals surface area contributed by atoms with E-state index in [4.69, 9.17) is 0 Å². The molecule has 1 fully saturated rings. The molecule has 0 aliphatic heterocycles. The lowest BCUT2D eigenvalue weighted by Crippen LogP contribution is -2.28. The molecule has 23 heavy (non-hydrogen) atoms. The summed E-state index contributed by atoms with van der Waals surface area (Å²) in [5.74, 6) is 5.78. The SMILES string of the molecule is OC1CCC(Nc2ncc(C#Cc3ccccc3)cc2F)CC1. The number of anilines is 1. The number of rotatable bonds is 2. The Kier molecular flexibility index (Phi) is 4.89. The molecule has 4 heteroatoms. The molecular formula is C19H19FN2O. The molecular weight excluding hydrogens is 291 g/mol. The molecule has 1 heterocycles. The fraction of sp³-hybridized carbons (Fsp3) is 0.316. The number of benzene rings is 1. The van der Waals surface area contributed by atoms with E-state index in [2.05, 4.69) is 22.1 Å². The van der Waals surface area contributed by atoms with Crippen LogP contribution < -0.4 is 5.32 Å². The number of hydrogen-bond acceptors (Lipinski definition) is 3. The molecule has 3 rings (SSSR count). The van der Waals surface area contributed by atoms with Gasteiger partial charge in [0.15, 0.2) is 11.6 Å². The molecule has 1 aliphatic carbocycles. The van der Waals surface area contributed by atoms with Crippen molar-refractivity contribution in [1.29, 1.82) is 0 Å². The van der Waals surface area contributed by atoms with Crippen LogP contribution in [0.4, 0.5) is 10.2 Å². The molecule has 1 aliphatic rings. The molecule has 1 aromatic heterocycles. The van der Waals surface area contributed by atoms with Gasteiger partial charge >= 0.3 is 0 Å². The highest BCUT2D eigenvalue weighted by Gasteiger charge is 2.20. The van der Waals surface area contributed by atoms with Crippen molar-refractivity contribution in [3.8, 4) is 11.8 Å². The summed E-state index contributed by atoms with van der Waals surface area (Å²) in [6.07, 6.45) is 4.52. The Bertz CT molecular complexity index is 713. The average Bonchev–Trinajstić information content (AvgIpc) is 2.58. The first kappa shape index (κ1) is 15.5. The molecule has 0 radical (unpaired) electrons. The normalized spacial score (nSPS) is 20.4. The Balaban J connectivity index is 1.68. The maximum atomic E-state index is 14.2. The van der Waals surface area contributed by atoms with Gasteiger partial charge in [-0.2, -0.15) is 0 Å². The van der Waals surface area contributed by atoms with Crippen LogP contribution in [0.1, 0.15) is 36.8 Å². The van der Waals surface area contributed by atoms with Gasteiger partial charge in [-0.25, -0.2) is 9.37 Å². The molecule has 0 unspecified atom stereocenters. The quantitative estimate of drug-likeness (QED) is 0.836. The Hall–Kier alpha value is -2.38. The van der Waals surface area contributed by atoms with Crippen LogP contribution in [0.25, 0.3) is 0 Å². The van der Waals surface area contributed by atoms with Gasteiger partial charge < -0.3 is 10.4 Å². The van der Waals surface area contributed by atoms with Crippen molar-refractivity contribution in [1.82, 2.24) is 4.98 Å². The van der Waals surface area contributed by atoms with Crippen molar-refractivity contribution >= 4 is 5.82 Å². The average molecular weight is 310 g/mol. The predicted molar refractivity (Wildman–Crippen MR) is 88.5 cm³/mol. The van der Waals surface area contributed by atoms with Crippen molar-refractivity contribution in [2.45, 2.75) is 37.8 Å². The third kappa shape index (κ3) is 4.30. The molecule has 3 nitrogen and oxygen atoms in total. The summed E-state index contributed by atoms with van der Waals surface area (Å²) in [7, 11) is 0. The second-order valence-corrected chi connectivity index (χ2v) is 5.82. The van der Waals surface area contributed by atoms with Gasteiger partial charge in [0.1, 0.15) is 0 Å². The van der Waals surface area contributed by atoms with Crippen molar-refractivity contribution < 1.29 is 9.50 Å². The van der Waals surface area contributed by atoms with Crippen LogP contribution in [0.3, 0.4) is 0 Å². The third-order valence-corrected chi connectivity index (χ3v) is 4.00. The summed E-state index contributed by atoms with van der Waals surface area (Å²) in [5.41, 5.74) is 1.44. The number of nitrogens with zero attached hydrogens (tertiary/aromatic N) is 1. The zero-order chi connectivity index (χ0) is 16.1. The highest BCUT2D eigenvalue weighted by molar-refractivity contribution is 5.46. The first-order valence-corrected chi connectivity index (χ1v) is 7.88. The van der Waals surface area contributed by atoms with E-state index < -0.39 is 5.82 Å². The van der Waals surface area contributed by atoms with Gasteiger partial charge in [0, 0.05) is 23.4 Å². The minimum absolute atomic E-state index is 0.168. The van der Waals surface area contributed by atoms with Crippen LogP contribution >= 0.6 is 0 Å². The summed E-state index contributed by atoms with van der Waals surface area (Å²) in [6, 6.07) is 11.1. The third-order valence-electron chi connectivity index (χ3n) is 4.00. The fourth-order valence-corrected chi connectivity index (χ4v) is 2.69. The number of pyridine rings is 1. The number of nitrogens with one attached hydrogen (secondary N) is 1. The van der Waals surface area contributed by atoms with E-state index in [0.717, 1.165) is 31.2 Å². The Labute approximate surface area is 135 Å². The first-order valence-electron chi connectivity index (χ1n) is 7.88. The Morgan fingerprint density at radius 2 is 1.74 bits per heavy atom. The van der Waals surface area contributed by atoms with Crippen LogP contribution in [0.2, 0.25) is 0 Å². The van der Waals surface area contributed by atoms with E-state index in [1.807, 2.05) is 30.3 Å². The largest absolute Gasteiger partial charge is 0.393 e. The van der Waals surface area contributed by atoms with Gasteiger partial charge in [-0.15, -0.1) is 0 Å². The summed E-state index contributed by atoms with van der Waals surface area (Å²) in [4.78, 5) is 4.15. The highest BCUT2D eigenvalue weighted by atomic mass is 19.1. The van der Waals surface area contributed by atoms with Gasteiger partial charge in [-0.3, -0.25) is 0 Å². The molecule has 1 aromatic carbocycles. The fourth-order valence-electron chi connectivity index (χ4n) is 2.69. The van der Waals surface area contributed by atoms with E-state index in [-0.39, 0.29) is 18.0 Å². The van der Waals surface area contributed by atoms with E-state index >= 15 is 0 Å². The van der Waals surface area contributed by atoms with Crippen molar-refractivity contribution in [3.05, 3.63) is 59.5 Å². The maximum absolute atomic E-state index is 14.2. The minimum atomic E-state index is -0.393. The van der Waals surface area contributed by atoms with Crippen LogP contribution in [-0.2, 0) is 0 Å². The number of aliphatic hydroxyl groups is 1. The van der Waals surface area contributed by atoms with E-state index in [1.54, 1.807) is 6.20 Å². The van der Waals surface area contributed by atoms with Crippen LogP contribution in [-0.4, -0.2) is 22.2 Å². The Morgan fingerprint density at radius 1 is 1.04 bits per heavy atom. The van der Waals surface area contributed by atoms with Crippen LogP contribution in [0.5, 0.6) is 0 Å². The molecule has 0 amide bonds. The number of halogens is 1. The highest BCUT2D eigenvalue weighted by Crippen LogP contribution is 2.22. The van der Waals surface area contributed by atoms with Gasteiger partial charge in [0.2, 0.25) is 0 Å². The number of aromatic nitrogens is 1. The second kappa shape index (κ2) is 7.26. The number of hydrogen-bond donors (Lipinski definition) is 2. The summed E-state index contributed by atoms with van der Waals surface area (Å²) in [5, 5.41) is 12.6.